The average molecular weight is 531 g/mol. The zero-order valence-corrected chi connectivity index (χ0v) is 20.8. The molecule has 0 spiro atoms. The van der Waals surface area contributed by atoms with Crippen molar-refractivity contribution in [2.75, 3.05) is 52.7 Å². The number of fused-ring (bicyclic) bond motifs is 1. The van der Waals surface area contributed by atoms with E-state index in [0.29, 0.717) is 10.8 Å². The molecule has 0 aliphatic carbocycles. The highest BCUT2D eigenvalue weighted by Crippen LogP contribution is 2.33. The maximum Gasteiger partial charge on any atom is 0.412 e. The van der Waals surface area contributed by atoms with Crippen molar-refractivity contribution in [2.45, 2.75) is 0 Å². The quantitative estimate of drug-likeness (QED) is 0.188. The van der Waals surface area contributed by atoms with Crippen LogP contribution in [0.15, 0.2) is 61.7 Å². The Kier molecular flexibility index (Phi) is 13.4. The predicted molar refractivity (Wildman–Crippen MR) is 136 cm³/mol. The fourth-order valence-corrected chi connectivity index (χ4v) is 2.87. The molecule has 2 aromatic carbocycles. The number of esters is 2. The highest BCUT2D eigenvalue weighted by atomic mass is 16.6. The fourth-order valence-electron chi connectivity index (χ4n) is 2.87. The van der Waals surface area contributed by atoms with Crippen LogP contribution in [0.1, 0.15) is 0 Å². The molecule has 0 bridgehead atoms. The Balaban J connectivity index is 1.77. The first kappa shape index (κ1) is 29.8. The standard InChI is InChI=1S/C26H30N2O10/c1-3-23(29)35-17-15-33-13-11-27-25(31)37-21-9-10-22(20-8-6-5-7-19(20)21)38-26(32)28-12-14-34-16-18-36-24(30)4-2/h3-10H,1-2,11-18H2,(H,27,31)(H,28,32). The van der Waals surface area contributed by atoms with E-state index in [-0.39, 0.29) is 64.2 Å². The second kappa shape index (κ2) is 17.1. The number of benzene rings is 2. The van der Waals surface area contributed by atoms with Gasteiger partial charge in [-0.05, 0) is 12.1 Å². The number of hydrogen-bond acceptors (Lipinski definition) is 10. The normalized spacial score (nSPS) is 10.2. The molecule has 0 fully saturated rings. The summed E-state index contributed by atoms with van der Waals surface area (Å²) in [6.07, 6.45) is 0.732. The van der Waals surface area contributed by atoms with Gasteiger partial charge in [0.15, 0.2) is 0 Å². The lowest BCUT2D eigenvalue weighted by Gasteiger charge is -2.13. The van der Waals surface area contributed by atoms with Gasteiger partial charge in [-0.2, -0.15) is 0 Å². The van der Waals surface area contributed by atoms with Crippen molar-refractivity contribution in [1.29, 1.82) is 0 Å². The van der Waals surface area contributed by atoms with E-state index in [4.69, 9.17) is 28.4 Å². The van der Waals surface area contributed by atoms with Crippen molar-refractivity contribution in [1.82, 2.24) is 10.6 Å². The van der Waals surface area contributed by atoms with Crippen LogP contribution in [-0.4, -0.2) is 76.9 Å². The molecule has 2 rings (SSSR count). The van der Waals surface area contributed by atoms with Gasteiger partial charge in [-0.3, -0.25) is 0 Å². The van der Waals surface area contributed by atoms with Gasteiger partial charge in [0.1, 0.15) is 24.7 Å². The first-order chi connectivity index (χ1) is 18.4. The van der Waals surface area contributed by atoms with E-state index in [0.717, 1.165) is 12.2 Å². The van der Waals surface area contributed by atoms with Crippen LogP contribution >= 0.6 is 0 Å². The van der Waals surface area contributed by atoms with Crippen molar-refractivity contribution >= 4 is 34.9 Å². The average Bonchev–Trinajstić information content (AvgIpc) is 2.92. The molecular formula is C26H30N2O10. The molecule has 12 heteroatoms. The first-order valence-corrected chi connectivity index (χ1v) is 11.6. The lowest BCUT2D eigenvalue weighted by Crippen LogP contribution is -2.31. The van der Waals surface area contributed by atoms with Gasteiger partial charge in [0.05, 0.1) is 26.4 Å². The maximum absolute atomic E-state index is 12.2. The smallest absolute Gasteiger partial charge is 0.412 e. The third-order valence-electron chi connectivity index (χ3n) is 4.56. The summed E-state index contributed by atoms with van der Waals surface area (Å²) in [5.74, 6) is -0.527. The Morgan fingerprint density at radius 2 is 1.05 bits per heavy atom. The second-order valence-electron chi connectivity index (χ2n) is 7.21. The number of carbonyl (C=O) groups excluding carboxylic acids is 4. The number of carbonyl (C=O) groups is 4. The largest absolute Gasteiger partial charge is 0.460 e. The summed E-state index contributed by atoms with van der Waals surface area (Å²) in [5, 5.41) is 6.24. The molecule has 0 aromatic heterocycles. The van der Waals surface area contributed by atoms with Crippen LogP contribution < -0.4 is 20.1 Å². The molecule has 38 heavy (non-hydrogen) atoms. The minimum absolute atomic E-state index is 0.0799. The number of hydrogen-bond donors (Lipinski definition) is 2. The van der Waals surface area contributed by atoms with E-state index in [1.807, 2.05) is 0 Å². The molecule has 0 radical (unpaired) electrons. The summed E-state index contributed by atoms with van der Waals surface area (Å²) < 4.78 is 30.8. The van der Waals surface area contributed by atoms with Gasteiger partial charge >= 0.3 is 24.1 Å². The Labute approximate surface area is 219 Å². The van der Waals surface area contributed by atoms with E-state index < -0.39 is 24.1 Å². The van der Waals surface area contributed by atoms with E-state index in [9.17, 15) is 19.2 Å². The Morgan fingerprint density at radius 1 is 0.632 bits per heavy atom. The Hall–Kier alpha value is -4.42. The highest BCUT2D eigenvalue weighted by Gasteiger charge is 2.13. The molecule has 0 saturated heterocycles. The van der Waals surface area contributed by atoms with Crippen LogP contribution in [0.5, 0.6) is 11.5 Å². The number of nitrogens with one attached hydrogen (secondary N) is 2. The first-order valence-electron chi connectivity index (χ1n) is 11.6. The molecule has 0 atom stereocenters. The van der Waals surface area contributed by atoms with Gasteiger partial charge < -0.3 is 39.1 Å². The molecule has 0 aliphatic heterocycles. The molecule has 0 saturated carbocycles. The summed E-state index contributed by atoms with van der Waals surface area (Å²) >= 11 is 0. The molecule has 0 aliphatic rings. The van der Waals surface area contributed by atoms with Gasteiger partial charge in [-0.1, -0.05) is 37.4 Å². The van der Waals surface area contributed by atoms with Crippen molar-refractivity contribution in [3.8, 4) is 11.5 Å². The van der Waals surface area contributed by atoms with Crippen LogP contribution in [0.25, 0.3) is 10.8 Å². The third-order valence-corrected chi connectivity index (χ3v) is 4.56. The van der Waals surface area contributed by atoms with Gasteiger partial charge in [0, 0.05) is 36.0 Å². The van der Waals surface area contributed by atoms with Crippen LogP contribution in [0.4, 0.5) is 9.59 Å². The van der Waals surface area contributed by atoms with Gasteiger partial charge in [-0.25, -0.2) is 19.2 Å². The monoisotopic (exact) mass is 530 g/mol. The molecule has 204 valence electrons. The molecule has 2 aromatic rings. The number of rotatable bonds is 16. The molecule has 0 unspecified atom stereocenters. The van der Waals surface area contributed by atoms with Crippen LogP contribution in [0.2, 0.25) is 0 Å². The fraction of sp³-hybridized carbons (Fsp3) is 0.308. The van der Waals surface area contributed by atoms with E-state index in [1.54, 1.807) is 24.3 Å². The van der Waals surface area contributed by atoms with Gasteiger partial charge in [0.25, 0.3) is 0 Å². The SMILES string of the molecule is C=CC(=O)OCCOCCNC(=O)Oc1ccc(OC(=O)NCCOCCOC(=O)C=C)c2ccccc12. The van der Waals surface area contributed by atoms with Crippen LogP contribution in [0, 0.1) is 0 Å². The lowest BCUT2D eigenvalue weighted by atomic mass is 10.1. The maximum atomic E-state index is 12.2. The Morgan fingerprint density at radius 3 is 1.45 bits per heavy atom. The summed E-state index contributed by atoms with van der Waals surface area (Å²) in [7, 11) is 0. The minimum Gasteiger partial charge on any atom is -0.460 e. The number of amides is 2. The second-order valence-corrected chi connectivity index (χ2v) is 7.21. The Bertz CT molecular complexity index is 1030. The van der Waals surface area contributed by atoms with Crippen LogP contribution in [-0.2, 0) is 28.5 Å². The van der Waals surface area contributed by atoms with Crippen molar-refractivity contribution < 1.29 is 47.6 Å². The van der Waals surface area contributed by atoms with E-state index in [2.05, 4.69) is 23.8 Å². The van der Waals surface area contributed by atoms with Crippen molar-refractivity contribution in [3.05, 3.63) is 61.7 Å². The topological polar surface area (TPSA) is 148 Å². The minimum atomic E-state index is -0.692. The molecule has 2 amide bonds. The molecule has 12 nitrogen and oxygen atoms in total. The summed E-state index contributed by atoms with van der Waals surface area (Å²) in [5.41, 5.74) is 0. The zero-order valence-electron chi connectivity index (χ0n) is 20.8. The molecular weight excluding hydrogens is 500 g/mol. The van der Waals surface area contributed by atoms with Gasteiger partial charge in [0.2, 0.25) is 0 Å². The van der Waals surface area contributed by atoms with E-state index >= 15 is 0 Å². The van der Waals surface area contributed by atoms with Crippen molar-refractivity contribution in [2.24, 2.45) is 0 Å². The van der Waals surface area contributed by atoms with Crippen LogP contribution in [0.3, 0.4) is 0 Å². The molecule has 0 heterocycles. The molecule has 2 N–H and O–H groups in total. The van der Waals surface area contributed by atoms with Gasteiger partial charge in [-0.15, -0.1) is 0 Å². The third kappa shape index (κ3) is 11.1. The number of ether oxygens (including phenoxy) is 6. The zero-order chi connectivity index (χ0) is 27.6. The predicted octanol–water partition coefficient (Wildman–Crippen LogP) is 2.51. The summed E-state index contributed by atoms with van der Waals surface area (Å²) in [6.45, 7) is 7.83. The van der Waals surface area contributed by atoms with E-state index in [1.165, 1.54) is 12.1 Å². The summed E-state index contributed by atoms with van der Waals surface area (Å²) in [4.78, 5) is 46.2. The highest BCUT2D eigenvalue weighted by molar-refractivity contribution is 5.95. The lowest BCUT2D eigenvalue weighted by molar-refractivity contribution is -0.140. The summed E-state index contributed by atoms with van der Waals surface area (Å²) in [6, 6.07) is 10.00. The van der Waals surface area contributed by atoms with Crippen molar-refractivity contribution in [3.63, 3.8) is 0 Å².